The van der Waals surface area contributed by atoms with Crippen LogP contribution in [0.5, 0.6) is 0 Å². The molecule has 2 saturated heterocycles. The standard InChI is InChI=1S/C23H19ClN2O3S2/c24-15-9-7-14(8-10-15)12-25-18-6-2-1-5-17(18)19(21(25)27)20-22(28)26(23(30)31-20)13-16-4-3-11-29-16/h1-2,5-10,16H,3-4,11-13H2/b20-19-/t16-/m0/s1. The molecule has 2 amide bonds. The van der Waals surface area contributed by atoms with Crippen molar-refractivity contribution in [1.82, 2.24) is 4.90 Å². The molecule has 0 aliphatic carbocycles. The lowest BCUT2D eigenvalue weighted by Gasteiger charge is -2.18. The molecule has 0 saturated carbocycles. The molecule has 0 aromatic heterocycles. The van der Waals surface area contributed by atoms with Crippen LogP contribution >= 0.6 is 35.6 Å². The Bertz CT molecular complexity index is 1110. The van der Waals surface area contributed by atoms with Crippen LogP contribution in [0.3, 0.4) is 0 Å². The van der Waals surface area contributed by atoms with E-state index >= 15 is 0 Å². The number of hydrogen-bond acceptors (Lipinski definition) is 5. The Hall–Kier alpha value is -2.19. The van der Waals surface area contributed by atoms with E-state index in [-0.39, 0.29) is 17.9 Å². The molecular weight excluding hydrogens is 452 g/mol. The number of fused-ring (bicyclic) bond motifs is 1. The summed E-state index contributed by atoms with van der Waals surface area (Å²) in [4.78, 5) is 30.5. The Morgan fingerprint density at radius 2 is 1.84 bits per heavy atom. The highest BCUT2D eigenvalue weighted by Crippen LogP contribution is 2.45. The fourth-order valence-electron chi connectivity index (χ4n) is 4.13. The number of hydrogen-bond donors (Lipinski definition) is 0. The van der Waals surface area contributed by atoms with Crippen LogP contribution in [0.1, 0.15) is 24.0 Å². The van der Waals surface area contributed by atoms with Gasteiger partial charge in [0.15, 0.2) is 0 Å². The van der Waals surface area contributed by atoms with Crippen molar-refractivity contribution in [3.05, 3.63) is 69.6 Å². The van der Waals surface area contributed by atoms with Gasteiger partial charge >= 0.3 is 0 Å². The molecule has 0 bridgehead atoms. The van der Waals surface area contributed by atoms with Crippen LogP contribution in [0.4, 0.5) is 5.69 Å². The van der Waals surface area contributed by atoms with Gasteiger partial charge in [-0.25, -0.2) is 0 Å². The van der Waals surface area contributed by atoms with Crippen molar-refractivity contribution in [2.24, 2.45) is 0 Å². The monoisotopic (exact) mass is 470 g/mol. The number of thioether (sulfide) groups is 1. The normalized spacial score (nSPS) is 23.3. The molecule has 1 atom stereocenters. The summed E-state index contributed by atoms with van der Waals surface area (Å²) in [5.41, 5.74) is 2.94. The summed E-state index contributed by atoms with van der Waals surface area (Å²) in [6.07, 6.45) is 1.91. The lowest BCUT2D eigenvalue weighted by atomic mass is 10.1. The van der Waals surface area contributed by atoms with Crippen molar-refractivity contribution in [2.45, 2.75) is 25.5 Å². The maximum atomic E-state index is 13.5. The minimum absolute atomic E-state index is 0.000168. The van der Waals surface area contributed by atoms with E-state index in [1.54, 1.807) is 21.9 Å². The first-order valence-corrected chi connectivity index (χ1v) is 11.7. The summed E-state index contributed by atoms with van der Waals surface area (Å²) in [6.45, 7) is 1.55. The van der Waals surface area contributed by atoms with Gasteiger partial charge in [-0.15, -0.1) is 0 Å². The fraction of sp³-hybridized carbons (Fsp3) is 0.261. The zero-order valence-corrected chi connectivity index (χ0v) is 18.9. The van der Waals surface area contributed by atoms with Gasteiger partial charge in [0.05, 0.1) is 35.4 Å². The summed E-state index contributed by atoms with van der Waals surface area (Å²) in [6, 6.07) is 15.0. The second kappa shape index (κ2) is 8.39. The summed E-state index contributed by atoms with van der Waals surface area (Å²) in [5.74, 6) is -0.397. The predicted octanol–water partition coefficient (Wildman–Crippen LogP) is 4.64. The Labute approximate surface area is 195 Å². The van der Waals surface area contributed by atoms with Crippen molar-refractivity contribution >= 4 is 63.0 Å². The molecule has 31 heavy (non-hydrogen) atoms. The van der Waals surface area contributed by atoms with E-state index in [9.17, 15) is 9.59 Å². The highest BCUT2D eigenvalue weighted by Gasteiger charge is 2.42. The summed E-state index contributed by atoms with van der Waals surface area (Å²) in [7, 11) is 0. The quantitative estimate of drug-likeness (QED) is 0.481. The van der Waals surface area contributed by atoms with Gasteiger partial charge in [0.2, 0.25) is 0 Å². The van der Waals surface area contributed by atoms with Crippen molar-refractivity contribution < 1.29 is 14.3 Å². The molecule has 3 heterocycles. The Morgan fingerprint density at radius 3 is 2.58 bits per heavy atom. The van der Waals surface area contributed by atoms with Crippen LogP contribution in [0.25, 0.3) is 5.57 Å². The van der Waals surface area contributed by atoms with Gasteiger partial charge in [0.25, 0.3) is 11.8 Å². The van der Waals surface area contributed by atoms with E-state index in [4.69, 9.17) is 28.6 Å². The third-order valence-electron chi connectivity index (χ3n) is 5.66. The van der Waals surface area contributed by atoms with Crippen LogP contribution in [0.15, 0.2) is 53.4 Å². The minimum Gasteiger partial charge on any atom is -0.376 e. The van der Waals surface area contributed by atoms with Gasteiger partial charge < -0.3 is 9.64 Å². The maximum Gasteiger partial charge on any atom is 0.267 e. The number of nitrogens with zero attached hydrogens (tertiary/aromatic N) is 2. The lowest BCUT2D eigenvalue weighted by Crippen LogP contribution is -2.35. The average Bonchev–Trinajstić information content (AvgIpc) is 3.45. The molecule has 3 aliphatic heterocycles. The largest absolute Gasteiger partial charge is 0.376 e. The highest BCUT2D eigenvalue weighted by atomic mass is 35.5. The Kier molecular flexibility index (Phi) is 5.60. The molecule has 0 unspecified atom stereocenters. The third kappa shape index (κ3) is 3.80. The zero-order chi connectivity index (χ0) is 21.5. The third-order valence-corrected chi connectivity index (χ3v) is 7.36. The van der Waals surface area contributed by atoms with Gasteiger partial charge in [-0.05, 0) is 36.6 Å². The van der Waals surface area contributed by atoms with Crippen LogP contribution in [0, 0.1) is 0 Å². The predicted molar refractivity (Wildman–Crippen MR) is 127 cm³/mol. The molecule has 5 rings (SSSR count). The van der Waals surface area contributed by atoms with Crippen LogP contribution in [-0.2, 0) is 20.9 Å². The highest BCUT2D eigenvalue weighted by molar-refractivity contribution is 8.26. The molecule has 0 radical (unpaired) electrons. The first kappa shape index (κ1) is 20.7. The van der Waals surface area contributed by atoms with Crippen molar-refractivity contribution in [3.8, 4) is 0 Å². The number of amides is 2. The van der Waals surface area contributed by atoms with E-state index < -0.39 is 0 Å². The van der Waals surface area contributed by atoms with Crippen LogP contribution in [-0.4, -0.2) is 40.3 Å². The van der Waals surface area contributed by atoms with Crippen molar-refractivity contribution in [1.29, 1.82) is 0 Å². The maximum absolute atomic E-state index is 13.5. The van der Waals surface area contributed by atoms with E-state index in [0.717, 1.165) is 29.7 Å². The smallest absolute Gasteiger partial charge is 0.267 e. The SMILES string of the molecule is O=C1/C(=C2/C(=O)N(Cc3ccc(Cl)cc3)c3ccccc32)SC(=S)N1C[C@@H]1CCCO1. The summed E-state index contributed by atoms with van der Waals surface area (Å²) >= 11 is 12.7. The van der Waals surface area contributed by atoms with Gasteiger partial charge in [0, 0.05) is 17.2 Å². The molecule has 0 N–H and O–H groups in total. The number of carbonyl (C=O) groups is 2. The first-order chi connectivity index (χ1) is 15.0. The van der Waals surface area contributed by atoms with Crippen molar-refractivity contribution in [3.63, 3.8) is 0 Å². The van der Waals surface area contributed by atoms with Gasteiger partial charge in [0.1, 0.15) is 4.32 Å². The first-order valence-electron chi connectivity index (χ1n) is 10.1. The second-order valence-corrected chi connectivity index (χ2v) is 9.74. The second-order valence-electron chi connectivity index (χ2n) is 7.66. The molecular formula is C23H19ClN2O3S2. The molecule has 0 spiro atoms. The number of rotatable bonds is 4. The summed E-state index contributed by atoms with van der Waals surface area (Å²) < 4.78 is 6.15. The fourth-order valence-corrected chi connectivity index (χ4v) is 5.60. The molecule has 158 valence electrons. The minimum atomic E-state index is -0.211. The zero-order valence-electron chi connectivity index (χ0n) is 16.5. The number of ether oxygens (including phenoxy) is 1. The Balaban J connectivity index is 1.49. The van der Waals surface area contributed by atoms with E-state index in [1.807, 2.05) is 36.4 Å². The van der Waals surface area contributed by atoms with Crippen LogP contribution < -0.4 is 4.90 Å². The molecule has 3 aliphatic rings. The molecule has 2 aromatic carbocycles. The number of anilines is 1. The van der Waals surface area contributed by atoms with Crippen molar-refractivity contribution in [2.75, 3.05) is 18.1 Å². The summed E-state index contributed by atoms with van der Waals surface area (Å²) in [5, 5.41) is 0.646. The number of para-hydroxylation sites is 1. The molecule has 5 nitrogen and oxygen atoms in total. The molecule has 8 heteroatoms. The number of carbonyl (C=O) groups excluding carboxylic acids is 2. The molecule has 2 fully saturated rings. The van der Waals surface area contributed by atoms with Gasteiger partial charge in [-0.3, -0.25) is 14.5 Å². The van der Waals surface area contributed by atoms with E-state index in [0.29, 0.717) is 39.5 Å². The average molecular weight is 471 g/mol. The Morgan fingerprint density at radius 1 is 1.06 bits per heavy atom. The van der Waals surface area contributed by atoms with Gasteiger partial charge in [-0.2, -0.15) is 0 Å². The number of halogens is 1. The lowest BCUT2D eigenvalue weighted by molar-refractivity contribution is -0.123. The van der Waals surface area contributed by atoms with Gasteiger partial charge in [-0.1, -0.05) is 65.9 Å². The topological polar surface area (TPSA) is 49.9 Å². The van der Waals surface area contributed by atoms with E-state index in [2.05, 4.69) is 0 Å². The number of thiocarbonyl (C=S) groups is 1. The molecule has 2 aromatic rings. The van der Waals surface area contributed by atoms with E-state index in [1.165, 1.54) is 11.8 Å². The van der Waals surface area contributed by atoms with Crippen LogP contribution in [0.2, 0.25) is 5.02 Å². The number of benzene rings is 2.